The summed E-state index contributed by atoms with van der Waals surface area (Å²) in [6.45, 7) is 9.90. The molecule has 0 bridgehead atoms. The first-order chi connectivity index (χ1) is 8.64. The summed E-state index contributed by atoms with van der Waals surface area (Å²) in [6.07, 6.45) is 4.60. The fraction of sp³-hybridized carbons (Fsp3) is 0.800. The molecule has 0 aromatic carbocycles. The normalized spacial score (nSPS) is 14.7. The SMILES string of the molecule is CCc1cc(CC(CC(C)CC)NC)n(CC)n1. The largest absolute Gasteiger partial charge is 0.317 e. The van der Waals surface area contributed by atoms with Gasteiger partial charge in [0.05, 0.1) is 5.69 Å². The summed E-state index contributed by atoms with van der Waals surface area (Å²) in [5.41, 5.74) is 2.59. The second-order valence-electron chi connectivity index (χ2n) is 5.24. The highest BCUT2D eigenvalue weighted by atomic mass is 15.3. The van der Waals surface area contributed by atoms with Gasteiger partial charge in [0.25, 0.3) is 0 Å². The third-order valence-electron chi connectivity index (χ3n) is 3.82. The molecule has 18 heavy (non-hydrogen) atoms. The maximum Gasteiger partial charge on any atom is 0.0624 e. The Morgan fingerprint density at radius 3 is 2.56 bits per heavy atom. The Morgan fingerprint density at radius 2 is 2.06 bits per heavy atom. The van der Waals surface area contributed by atoms with Crippen LogP contribution in [0.3, 0.4) is 0 Å². The molecule has 2 atom stereocenters. The monoisotopic (exact) mass is 251 g/mol. The molecular formula is C15H29N3. The molecule has 104 valence electrons. The Kier molecular flexibility index (Phi) is 6.41. The van der Waals surface area contributed by atoms with Gasteiger partial charge in [0.2, 0.25) is 0 Å². The van der Waals surface area contributed by atoms with Gasteiger partial charge in [-0.2, -0.15) is 5.10 Å². The van der Waals surface area contributed by atoms with Gasteiger partial charge in [-0.25, -0.2) is 0 Å². The molecule has 3 heteroatoms. The Morgan fingerprint density at radius 1 is 1.33 bits per heavy atom. The van der Waals surface area contributed by atoms with Crippen LogP contribution in [0.25, 0.3) is 0 Å². The Bertz CT molecular complexity index is 344. The van der Waals surface area contributed by atoms with E-state index in [1.54, 1.807) is 0 Å². The van der Waals surface area contributed by atoms with Crippen LogP contribution >= 0.6 is 0 Å². The number of nitrogens with one attached hydrogen (secondary N) is 1. The minimum absolute atomic E-state index is 0.562. The second kappa shape index (κ2) is 7.57. The summed E-state index contributed by atoms with van der Waals surface area (Å²) in [7, 11) is 2.07. The molecule has 2 unspecified atom stereocenters. The summed E-state index contributed by atoms with van der Waals surface area (Å²) in [5.74, 6) is 0.783. The van der Waals surface area contributed by atoms with Crippen molar-refractivity contribution in [1.82, 2.24) is 15.1 Å². The molecule has 1 N–H and O–H groups in total. The van der Waals surface area contributed by atoms with E-state index in [1.165, 1.54) is 24.2 Å². The minimum atomic E-state index is 0.562. The molecule has 1 rings (SSSR count). The number of aromatic nitrogens is 2. The van der Waals surface area contributed by atoms with Crippen LogP contribution in [0.15, 0.2) is 6.07 Å². The van der Waals surface area contributed by atoms with Crippen LogP contribution in [0.1, 0.15) is 51.9 Å². The molecule has 0 aliphatic rings. The lowest BCUT2D eigenvalue weighted by Gasteiger charge is -2.20. The van der Waals surface area contributed by atoms with Gasteiger partial charge >= 0.3 is 0 Å². The summed E-state index contributed by atoms with van der Waals surface area (Å²) < 4.78 is 2.15. The van der Waals surface area contributed by atoms with Crippen molar-refractivity contribution in [3.05, 3.63) is 17.5 Å². The quantitative estimate of drug-likeness (QED) is 0.769. The van der Waals surface area contributed by atoms with Crippen molar-refractivity contribution >= 4 is 0 Å². The van der Waals surface area contributed by atoms with Gasteiger partial charge in [0.15, 0.2) is 0 Å². The lowest BCUT2D eigenvalue weighted by Crippen LogP contribution is -2.30. The van der Waals surface area contributed by atoms with Crippen LogP contribution in [-0.2, 0) is 19.4 Å². The number of nitrogens with zero attached hydrogens (tertiary/aromatic N) is 2. The van der Waals surface area contributed by atoms with Crippen molar-refractivity contribution in [2.75, 3.05) is 7.05 Å². The Hall–Kier alpha value is -0.830. The van der Waals surface area contributed by atoms with Gasteiger partial charge in [-0.05, 0) is 38.8 Å². The highest BCUT2D eigenvalue weighted by molar-refractivity contribution is 5.12. The van der Waals surface area contributed by atoms with Crippen molar-refractivity contribution in [3.63, 3.8) is 0 Å². The first kappa shape index (κ1) is 15.2. The van der Waals surface area contributed by atoms with Crippen molar-refractivity contribution in [2.24, 2.45) is 5.92 Å². The van der Waals surface area contributed by atoms with Gasteiger partial charge in [-0.3, -0.25) is 4.68 Å². The zero-order valence-corrected chi connectivity index (χ0v) is 12.7. The van der Waals surface area contributed by atoms with E-state index in [0.29, 0.717) is 6.04 Å². The van der Waals surface area contributed by atoms with E-state index in [2.05, 4.69) is 55.9 Å². The molecule has 1 aromatic rings. The molecular weight excluding hydrogens is 222 g/mol. The zero-order chi connectivity index (χ0) is 13.5. The minimum Gasteiger partial charge on any atom is -0.317 e. The van der Waals surface area contributed by atoms with E-state index in [9.17, 15) is 0 Å². The van der Waals surface area contributed by atoms with E-state index in [4.69, 9.17) is 0 Å². The number of hydrogen-bond donors (Lipinski definition) is 1. The highest BCUT2D eigenvalue weighted by Gasteiger charge is 2.14. The molecule has 0 amide bonds. The molecule has 1 aromatic heterocycles. The van der Waals surface area contributed by atoms with Crippen LogP contribution in [0.2, 0.25) is 0 Å². The van der Waals surface area contributed by atoms with E-state index < -0.39 is 0 Å². The maximum absolute atomic E-state index is 4.62. The smallest absolute Gasteiger partial charge is 0.0624 e. The number of aryl methyl sites for hydroxylation is 2. The summed E-state index contributed by atoms with van der Waals surface area (Å²) in [4.78, 5) is 0. The Balaban J connectivity index is 2.71. The molecule has 0 fully saturated rings. The standard InChI is InChI=1S/C15H29N3/c1-6-12(4)9-14(16-5)11-15-10-13(7-2)17-18(15)8-3/h10,12,14,16H,6-9,11H2,1-5H3. The van der Waals surface area contributed by atoms with Gasteiger partial charge in [-0.15, -0.1) is 0 Å². The van der Waals surface area contributed by atoms with E-state index >= 15 is 0 Å². The van der Waals surface area contributed by atoms with E-state index in [1.807, 2.05) is 0 Å². The number of rotatable bonds is 8. The van der Waals surface area contributed by atoms with Crippen molar-refractivity contribution in [2.45, 2.75) is 66.0 Å². The first-order valence-corrected chi connectivity index (χ1v) is 7.37. The van der Waals surface area contributed by atoms with Crippen LogP contribution in [0, 0.1) is 5.92 Å². The maximum atomic E-state index is 4.62. The van der Waals surface area contributed by atoms with Crippen LogP contribution < -0.4 is 5.32 Å². The molecule has 0 saturated heterocycles. The lowest BCUT2D eigenvalue weighted by molar-refractivity contribution is 0.402. The molecule has 0 saturated carbocycles. The van der Waals surface area contributed by atoms with E-state index in [0.717, 1.165) is 25.3 Å². The van der Waals surface area contributed by atoms with Crippen LogP contribution in [-0.4, -0.2) is 22.9 Å². The third-order valence-corrected chi connectivity index (χ3v) is 3.82. The first-order valence-electron chi connectivity index (χ1n) is 7.37. The average molecular weight is 251 g/mol. The molecule has 0 radical (unpaired) electrons. The second-order valence-corrected chi connectivity index (χ2v) is 5.24. The molecule has 3 nitrogen and oxygen atoms in total. The lowest BCUT2D eigenvalue weighted by atomic mass is 9.96. The van der Waals surface area contributed by atoms with Gasteiger partial charge in [-0.1, -0.05) is 27.2 Å². The van der Waals surface area contributed by atoms with Crippen molar-refractivity contribution in [1.29, 1.82) is 0 Å². The van der Waals surface area contributed by atoms with Crippen LogP contribution in [0.4, 0.5) is 0 Å². The summed E-state index contributed by atoms with van der Waals surface area (Å²) in [6, 6.07) is 2.83. The summed E-state index contributed by atoms with van der Waals surface area (Å²) >= 11 is 0. The fourth-order valence-corrected chi connectivity index (χ4v) is 2.33. The van der Waals surface area contributed by atoms with Gasteiger partial charge < -0.3 is 5.32 Å². The van der Waals surface area contributed by atoms with Crippen molar-refractivity contribution < 1.29 is 0 Å². The van der Waals surface area contributed by atoms with Gasteiger partial charge in [0.1, 0.15) is 0 Å². The fourth-order valence-electron chi connectivity index (χ4n) is 2.33. The number of hydrogen-bond acceptors (Lipinski definition) is 2. The molecule has 1 heterocycles. The molecule has 0 spiro atoms. The highest BCUT2D eigenvalue weighted by Crippen LogP contribution is 2.15. The molecule has 0 aliphatic heterocycles. The predicted octanol–water partition coefficient (Wildman–Crippen LogP) is 3.03. The average Bonchev–Trinajstić information content (AvgIpc) is 2.79. The van der Waals surface area contributed by atoms with Crippen molar-refractivity contribution in [3.8, 4) is 0 Å². The third kappa shape index (κ3) is 4.13. The predicted molar refractivity (Wildman–Crippen MR) is 77.9 cm³/mol. The molecule has 0 aliphatic carbocycles. The Labute approximate surface area is 112 Å². The van der Waals surface area contributed by atoms with Crippen LogP contribution in [0.5, 0.6) is 0 Å². The number of likely N-dealkylation sites (N-methyl/N-ethyl adjacent to an activating group) is 1. The van der Waals surface area contributed by atoms with E-state index in [-0.39, 0.29) is 0 Å². The topological polar surface area (TPSA) is 29.9 Å². The summed E-state index contributed by atoms with van der Waals surface area (Å²) in [5, 5.41) is 8.08. The zero-order valence-electron chi connectivity index (χ0n) is 12.7. The van der Waals surface area contributed by atoms with Gasteiger partial charge in [0, 0.05) is 24.7 Å².